The fourth-order valence-corrected chi connectivity index (χ4v) is 2.52. The van der Waals surface area contributed by atoms with Gasteiger partial charge in [0.2, 0.25) is 11.8 Å². The van der Waals surface area contributed by atoms with Gasteiger partial charge in [0.1, 0.15) is 11.8 Å². The van der Waals surface area contributed by atoms with E-state index in [1.54, 1.807) is 32.2 Å². The second-order valence-electron chi connectivity index (χ2n) is 5.81. The summed E-state index contributed by atoms with van der Waals surface area (Å²) in [7, 11) is 1.61. The highest BCUT2D eigenvalue weighted by Crippen LogP contribution is 2.25. The van der Waals surface area contributed by atoms with Gasteiger partial charge in [0.15, 0.2) is 0 Å². The fourth-order valence-electron chi connectivity index (χ4n) is 2.30. The third-order valence-corrected chi connectivity index (χ3v) is 3.99. The third kappa shape index (κ3) is 5.67. The maximum absolute atomic E-state index is 12.3. The Morgan fingerprint density at radius 2 is 1.85 bits per heavy atom. The predicted octanol–water partition coefficient (Wildman–Crippen LogP) is 3.42. The number of ether oxygens (including phenoxy) is 1. The van der Waals surface area contributed by atoms with E-state index in [4.69, 9.17) is 16.3 Å². The molecule has 0 radical (unpaired) electrons. The summed E-state index contributed by atoms with van der Waals surface area (Å²) in [6.45, 7) is 3.60. The number of hydrogen-bond donors (Lipinski definition) is 3. The van der Waals surface area contributed by atoms with E-state index in [2.05, 4.69) is 16.0 Å². The summed E-state index contributed by atoms with van der Waals surface area (Å²) in [6, 6.07) is 12.2. The summed E-state index contributed by atoms with van der Waals surface area (Å²) < 4.78 is 5.11. The van der Waals surface area contributed by atoms with Gasteiger partial charge in [-0.3, -0.25) is 9.59 Å². The number of nitrogens with one attached hydrogen (secondary N) is 3. The molecule has 0 aliphatic carbocycles. The minimum Gasteiger partial charge on any atom is -0.497 e. The van der Waals surface area contributed by atoms with Crippen molar-refractivity contribution in [2.24, 2.45) is 0 Å². The van der Waals surface area contributed by atoms with E-state index in [1.165, 1.54) is 6.92 Å². The maximum atomic E-state index is 12.3. The smallest absolute Gasteiger partial charge is 0.242 e. The molecule has 138 valence electrons. The van der Waals surface area contributed by atoms with Crippen LogP contribution in [0.15, 0.2) is 42.5 Å². The third-order valence-electron chi connectivity index (χ3n) is 3.68. The average molecular weight is 376 g/mol. The van der Waals surface area contributed by atoms with E-state index in [0.717, 1.165) is 11.3 Å². The van der Waals surface area contributed by atoms with Gasteiger partial charge in [0.05, 0.1) is 17.8 Å². The van der Waals surface area contributed by atoms with Crippen LogP contribution in [-0.4, -0.2) is 25.0 Å². The van der Waals surface area contributed by atoms with Gasteiger partial charge in [0, 0.05) is 19.2 Å². The predicted molar refractivity (Wildman–Crippen MR) is 104 cm³/mol. The lowest BCUT2D eigenvalue weighted by Gasteiger charge is -2.16. The molecule has 2 amide bonds. The van der Waals surface area contributed by atoms with Gasteiger partial charge in [-0.1, -0.05) is 23.7 Å². The van der Waals surface area contributed by atoms with Crippen molar-refractivity contribution in [3.63, 3.8) is 0 Å². The molecule has 0 aliphatic rings. The lowest BCUT2D eigenvalue weighted by Crippen LogP contribution is -2.37. The number of carbonyl (C=O) groups excluding carboxylic acids is 2. The molecule has 2 aromatic rings. The molecule has 2 rings (SSSR count). The van der Waals surface area contributed by atoms with Gasteiger partial charge >= 0.3 is 0 Å². The highest BCUT2D eigenvalue weighted by atomic mass is 35.5. The van der Waals surface area contributed by atoms with Crippen LogP contribution in [-0.2, 0) is 16.1 Å². The first kappa shape index (κ1) is 19.6. The van der Waals surface area contributed by atoms with Crippen LogP contribution in [0.5, 0.6) is 5.75 Å². The first-order chi connectivity index (χ1) is 12.4. The van der Waals surface area contributed by atoms with Crippen molar-refractivity contribution < 1.29 is 14.3 Å². The highest BCUT2D eigenvalue weighted by Gasteiger charge is 2.13. The molecule has 0 heterocycles. The van der Waals surface area contributed by atoms with Crippen LogP contribution in [0.25, 0.3) is 0 Å². The second-order valence-corrected chi connectivity index (χ2v) is 6.21. The Bertz CT molecular complexity index is 778. The Kier molecular flexibility index (Phi) is 6.86. The Labute approximate surface area is 157 Å². The van der Waals surface area contributed by atoms with Gasteiger partial charge in [0.25, 0.3) is 0 Å². The summed E-state index contributed by atoms with van der Waals surface area (Å²) in [5.74, 6) is 0.441. The highest BCUT2D eigenvalue weighted by molar-refractivity contribution is 6.34. The van der Waals surface area contributed by atoms with Gasteiger partial charge in [-0.2, -0.15) is 0 Å². The fraction of sp³-hybridized carbons (Fsp3) is 0.263. The lowest BCUT2D eigenvalue weighted by atomic mass is 10.2. The van der Waals surface area contributed by atoms with Crippen molar-refractivity contribution in [1.82, 2.24) is 5.32 Å². The average Bonchev–Trinajstić information content (AvgIpc) is 2.62. The Morgan fingerprint density at radius 3 is 2.42 bits per heavy atom. The molecular weight excluding hydrogens is 354 g/mol. The lowest BCUT2D eigenvalue weighted by molar-refractivity contribution is -0.121. The van der Waals surface area contributed by atoms with Crippen LogP contribution in [0.3, 0.4) is 0 Å². The molecular formula is C19H22ClN3O3. The number of anilines is 2. The van der Waals surface area contributed by atoms with Crippen LogP contribution in [0.2, 0.25) is 5.02 Å². The molecule has 7 heteroatoms. The topological polar surface area (TPSA) is 79.5 Å². The molecule has 0 unspecified atom stereocenters. The number of hydrogen-bond acceptors (Lipinski definition) is 4. The molecule has 0 aliphatic heterocycles. The molecule has 0 spiro atoms. The molecule has 1 atom stereocenters. The number of rotatable bonds is 7. The zero-order chi connectivity index (χ0) is 19.1. The van der Waals surface area contributed by atoms with Crippen LogP contribution >= 0.6 is 11.6 Å². The van der Waals surface area contributed by atoms with Gasteiger partial charge < -0.3 is 20.7 Å². The Morgan fingerprint density at radius 1 is 1.15 bits per heavy atom. The quantitative estimate of drug-likeness (QED) is 0.692. The second kappa shape index (κ2) is 9.10. The zero-order valence-electron chi connectivity index (χ0n) is 14.9. The summed E-state index contributed by atoms with van der Waals surface area (Å²) in [5, 5.41) is 9.00. The number of amides is 2. The number of benzene rings is 2. The maximum Gasteiger partial charge on any atom is 0.242 e. The van der Waals surface area contributed by atoms with E-state index in [1.807, 2.05) is 24.3 Å². The number of halogens is 1. The summed E-state index contributed by atoms with van der Waals surface area (Å²) in [6.07, 6.45) is 0. The minimum absolute atomic E-state index is 0.136. The molecule has 0 saturated carbocycles. The van der Waals surface area contributed by atoms with Crippen LogP contribution in [0.4, 0.5) is 11.4 Å². The standard InChI is InChI=1S/C19H22ClN3O3/c1-12(19(25)21-11-14-4-7-16(26-3)8-5-14)22-15-6-9-18(17(20)10-15)23-13(2)24/h4-10,12,22H,11H2,1-3H3,(H,21,25)(H,23,24)/t12-/m0/s1. The van der Waals surface area contributed by atoms with E-state index in [-0.39, 0.29) is 11.8 Å². The Hall–Kier alpha value is -2.73. The van der Waals surface area contributed by atoms with Gasteiger partial charge in [-0.15, -0.1) is 0 Å². The van der Waals surface area contributed by atoms with Crippen LogP contribution < -0.4 is 20.7 Å². The molecule has 0 saturated heterocycles. The van der Waals surface area contributed by atoms with Crippen molar-refractivity contribution in [1.29, 1.82) is 0 Å². The van der Waals surface area contributed by atoms with E-state index in [9.17, 15) is 9.59 Å². The van der Waals surface area contributed by atoms with E-state index >= 15 is 0 Å². The first-order valence-electron chi connectivity index (χ1n) is 8.13. The van der Waals surface area contributed by atoms with Crippen molar-refractivity contribution in [3.05, 3.63) is 53.1 Å². The normalized spacial score (nSPS) is 11.4. The van der Waals surface area contributed by atoms with E-state index < -0.39 is 6.04 Å². The molecule has 3 N–H and O–H groups in total. The molecule has 6 nitrogen and oxygen atoms in total. The minimum atomic E-state index is -0.448. The van der Waals surface area contributed by atoms with Gasteiger partial charge in [-0.25, -0.2) is 0 Å². The molecule has 0 bridgehead atoms. The summed E-state index contributed by atoms with van der Waals surface area (Å²) in [5.41, 5.74) is 2.20. The number of carbonyl (C=O) groups is 2. The van der Waals surface area contributed by atoms with Gasteiger partial charge in [-0.05, 0) is 42.8 Å². The Balaban J connectivity index is 1.89. The summed E-state index contributed by atoms with van der Waals surface area (Å²) in [4.78, 5) is 23.3. The molecule has 0 aromatic heterocycles. The largest absolute Gasteiger partial charge is 0.497 e. The SMILES string of the molecule is COc1ccc(CNC(=O)[C@H](C)Nc2ccc(NC(C)=O)c(Cl)c2)cc1. The molecule has 2 aromatic carbocycles. The monoisotopic (exact) mass is 375 g/mol. The van der Waals surface area contributed by atoms with Crippen molar-refractivity contribution in [3.8, 4) is 5.75 Å². The van der Waals surface area contributed by atoms with Crippen molar-refractivity contribution >= 4 is 34.8 Å². The van der Waals surface area contributed by atoms with Crippen LogP contribution in [0, 0.1) is 0 Å². The summed E-state index contributed by atoms with van der Waals surface area (Å²) >= 11 is 6.14. The van der Waals surface area contributed by atoms with Crippen molar-refractivity contribution in [2.75, 3.05) is 17.7 Å². The van der Waals surface area contributed by atoms with E-state index in [0.29, 0.717) is 22.9 Å². The molecule has 0 fully saturated rings. The number of methoxy groups -OCH3 is 1. The zero-order valence-corrected chi connectivity index (χ0v) is 15.7. The molecule has 26 heavy (non-hydrogen) atoms. The van der Waals surface area contributed by atoms with Crippen molar-refractivity contribution in [2.45, 2.75) is 26.4 Å². The first-order valence-corrected chi connectivity index (χ1v) is 8.51. The van der Waals surface area contributed by atoms with Crippen LogP contribution in [0.1, 0.15) is 19.4 Å².